The van der Waals surface area contributed by atoms with Crippen LogP contribution in [0.1, 0.15) is 29.9 Å². The second kappa shape index (κ2) is 5.39. The quantitative estimate of drug-likeness (QED) is 0.854. The molecular weight excluding hydrogens is 220 g/mol. The molecule has 2 nitrogen and oxygen atoms in total. The molecule has 0 aliphatic carbocycles. The van der Waals surface area contributed by atoms with Crippen LogP contribution in [0.25, 0.3) is 0 Å². The minimum absolute atomic E-state index is 0.265. The zero-order valence-electron chi connectivity index (χ0n) is 9.19. The Morgan fingerprint density at radius 1 is 1.31 bits per heavy atom. The smallest absolute Gasteiger partial charge is 0.303 e. The first-order chi connectivity index (χ1) is 7.75. The molecule has 3 heteroatoms. The van der Waals surface area contributed by atoms with E-state index in [9.17, 15) is 4.79 Å². The lowest BCUT2D eigenvalue weighted by molar-refractivity contribution is -0.137. The lowest BCUT2D eigenvalue weighted by Crippen LogP contribution is -2.15. The number of carbonyl (C=O) groups is 1. The number of thioether (sulfide) groups is 1. The van der Waals surface area contributed by atoms with Crippen molar-refractivity contribution in [2.24, 2.45) is 0 Å². The van der Waals surface area contributed by atoms with Crippen LogP contribution in [0.15, 0.2) is 24.3 Å². The lowest BCUT2D eigenvalue weighted by Gasteiger charge is -2.25. The molecule has 1 aromatic carbocycles. The first-order valence-electron chi connectivity index (χ1n) is 5.64. The Hall–Kier alpha value is -0.960. The maximum absolute atomic E-state index is 10.4. The van der Waals surface area contributed by atoms with E-state index in [0.29, 0.717) is 0 Å². The molecule has 1 heterocycles. The number of carboxylic acid groups (broad SMARTS) is 1. The van der Waals surface area contributed by atoms with Crippen LogP contribution in [0.2, 0.25) is 0 Å². The van der Waals surface area contributed by atoms with Gasteiger partial charge in [0.05, 0.1) is 0 Å². The van der Waals surface area contributed by atoms with E-state index in [1.807, 2.05) is 11.8 Å². The third kappa shape index (κ3) is 3.01. The standard InChI is InChI=1S/C13H16O2S/c14-13(15)3-1-2-10-4-6-11(7-5-10)12-8-16-9-12/h4-7,12H,1-3,8-9H2,(H,14,15). The van der Waals surface area contributed by atoms with Crippen LogP contribution in [0, 0.1) is 0 Å². The largest absolute Gasteiger partial charge is 0.481 e. The third-order valence-corrected chi connectivity index (χ3v) is 4.22. The summed E-state index contributed by atoms with van der Waals surface area (Å²) in [6.45, 7) is 0. The summed E-state index contributed by atoms with van der Waals surface area (Å²) in [7, 11) is 0. The van der Waals surface area contributed by atoms with E-state index in [2.05, 4.69) is 24.3 Å². The number of hydrogen-bond donors (Lipinski definition) is 1. The summed E-state index contributed by atoms with van der Waals surface area (Å²) < 4.78 is 0. The molecule has 1 aliphatic heterocycles. The van der Waals surface area contributed by atoms with Crippen molar-refractivity contribution < 1.29 is 9.90 Å². The van der Waals surface area contributed by atoms with Crippen molar-refractivity contribution in [2.75, 3.05) is 11.5 Å². The molecule has 1 saturated heterocycles. The number of benzene rings is 1. The van der Waals surface area contributed by atoms with Crippen molar-refractivity contribution in [2.45, 2.75) is 25.2 Å². The average molecular weight is 236 g/mol. The Labute approximate surface area is 100 Å². The van der Waals surface area contributed by atoms with Crippen molar-refractivity contribution in [3.63, 3.8) is 0 Å². The van der Waals surface area contributed by atoms with Gasteiger partial charge in [-0.3, -0.25) is 4.79 Å². The predicted molar refractivity (Wildman–Crippen MR) is 67.1 cm³/mol. The number of rotatable bonds is 5. The molecule has 0 unspecified atom stereocenters. The van der Waals surface area contributed by atoms with Gasteiger partial charge in [-0.25, -0.2) is 0 Å². The van der Waals surface area contributed by atoms with E-state index in [0.717, 1.165) is 18.8 Å². The molecule has 0 amide bonds. The first-order valence-corrected chi connectivity index (χ1v) is 6.79. The minimum atomic E-state index is -0.705. The number of aryl methyl sites for hydroxylation is 1. The normalized spacial score (nSPS) is 15.8. The fourth-order valence-corrected chi connectivity index (χ4v) is 2.68. The van der Waals surface area contributed by atoms with Crippen molar-refractivity contribution in [3.8, 4) is 0 Å². The fourth-order valence-electron chi connectivity index (χ4n) is 1.83. The van der Waals surface area contributed by atoms with Gasteiger partial charge in [0.2, 0.25) is 0 Å². The van der Waals surface area contributed by atoms with Crippen molar-refractivity contribution >= 4 is 17.7 Å². The molecule has 0 saturated carbocycles. The molecule has 16 heavy (non-hydrogen) atoms. The fraction of sp³-hybridized carbons (Fsp3) is 0.462. The van der Waals surface area contributed by atoms with E-state index in [4.69, 9.17) is 5.11 Å². The lowest BCUT2D eigenvalue weighted by atomic mass is 9.99. The molecule has 0 bridgehead atoms. The van der Waals surface area contributed by atoms with E-state index in [1.54, 1.807) is 0 Å². The van der Waals surface area contributed by atoms with Crippen LogP contribution < -0.4 is 0 Å². The average Bonchev–Trinajstić information content (AvgIpc) is 2.17. The summed E-state index contributed by atoms with van der Waals surface area (Å²) in [5.74, 6) is 2.54. The number of hydrogen-bond acceptors (Lipinski definition) is 2. The maximum Gasteiger partial charge on any atom is 0.303 e. The summed E-state index contributed by atoms with van der Waals surface area (Å²) in [5, 5.41) is 8.55. The highest BCUT2D eigenvalue weighted by Gasteiger charge is 2.19. The molecule has 0 spiro atoms. The molecule has 86 valence electrons. The Kier molecular flexibility index (Phi) is 3.88. The first kappa shape index (κ1) is 11.5. The molecule has 1 aromatic rings. The zero-order chi connectivity index (χ0) is 11.4. The number of carboxylic acids is 1. The van der Waals surface area contributed by atoms with Crippen LogP contribution in [0.5, 0.6) is 0 Å². The monoisotopic (exact) mass is 236 g/mol. The van der Waals surface area contributed by atoms with Gasteiger partial charge >= 0.3 is 5.97 Å². The highest BCUT2D eigenvalue weighted by Crippen LogP contribution is 2.33. The van der Waals surface area contributed by atoms with Crippen molar-refractivity contribution in [1.82, 2.24) is 0 Å². The van der Waals surface area contributed by atoms with Gasteiger partial charge in [0.25, 0.3) is 0 Å². The Morgan fingerprint density at radius 2 is 2.00 bits per heavy atom. The van der Waals surface area contributed by atoms with Gasteiger partial charge in [0.15, 0.2) is 0 Å². The predicted octanol–water partition coefficient (Wildman–Crippen LogP) is 2.92. The highest BCUT2D eigenvalue weighted by atomic mass is 32.2. The van der Waals surface area contributed by atoms with Gasteiger partial charge in [0.1, 0.15) is 0 Å². The maximum atomic E-state index is 10.4. The Bertz CT molecular complexity index is 355. The summed E-state index contributed by atoms with van der Waals surface area (Å²) in [6, 6.07) is 8.67. The molecule has 1 aliphatic rings. The van der Waals surface area contributed by atoms with Gasteiger partial charge in [-0.2, -0.15) is 11.8 Å². The highest BCUT2D eigenvalue weighted by molar-refractivity contribution is 8.00. The SMILES string of the molecule is O=C(O)CCCc1ccc(C2CSC2)cc1. The van der Waals surface area contributed by atoms with Crippen LogP contribution in [-0.4, -0.2) is 22.6 Å². The molecule has 2 rings (SSSR count). The summed E-state index contributed by atoms with van der Waals surface area (Å²) in [5.41, 5.74) is 2.68. The summed E-state index contributed by atoms with van der Waals surface area (Å²) in [6.07, 6.45) is 1.86. The molecule has 1 fully saturated rings. The Morgan fingerprint density at radius 3 is 2.50 bits per heavy atom. The van der Waals surface area contributed by atoms with Gasteiger partial charge in [-0.15, -0.1) is 0 Å². The Balaban J connectivity index is 1.84. The molecular formula is C13H16O2S. The second-order valence-electron chi connectivity index (χ2n) is 4.22. The van der Waals surface area contributed by atoms with Crippen LogP contribution in [0.3, 0.4) is 0 Å². The van der Waals surface area contributed by atoms with E-state index in [1.165, 1.54) is 22.6 Å². The minimum Gasteiger partial charge on any atom is -0.481 e. The summed E-state index contributed by atoms with van der Waals surface area (Å²) >= 11 is 2.00. The molecule has 1 N–H and O–H groups in total. The summed E-state index contributed by atoms with van der Waals surface area (Å²) in [4.78, 5) is 10.4. The molecule has 0 atom stereocenters. The van der Waals surface area contributed by atoms with Crippen molar-refractivity contribution in [1.29, 1.82) is 0 Å². The van der Waals surface area contributed by atoms with Crippen LogP contribution in [0.4, 0.5) is 0 Å². The van der Waals surface area contributed by atoms with Gasteiger partial charge in [-0.1, -0.05) is 24.3 Å². The second-order valence-corrected chi connectivity index (χ2v) is 5.30. The molecule has 0 radical (unpaired) electrons. The van der Waals surface area contributed by atoms with Crippen LogP contribution in [-0.2, 0) is 11.2 Å². The van der Waals surface area contributed by atoms with Crippen molar-refractivity contribution in [3.05, 3.63) is 35.4 Å². The third-order valence-electron chi connectivity index (χ3n) is 2.95. The van der Waals surface area contributed by atoms with Gasteiger partial charge < -0.3 is 5.11 Å². The van der Waals surface area contributed by atoms with Gasteiger partial charge in [0, 0.05) is 23.8 Å². The number of aliphatic carboxylic acids is 1. The topological polar surface area (TPSA) is 37.3 Å². The van der Waals surface area contributed by atoms with E-state index < -0.39 is 5.97 Å². The van der Waals surface area contributed by atoms with Gasteiger partial charge in [-0.05, 0) is 24.0 Å². The van der Waals surface area contributed by atoms with Crippen LogP contribution >= 0.6 is 11.8 Å². The molecule has 0 aromatic heterocycles. The zero-order valence-corrected chi connectivity index (χ0v) is 10.0. The van der Waals surface area contributed by atoms with E-state index in [-0.39, 0.29) is 6.42 Å². The van der Waals surface area contributed by atoms with E-state index >= 15 is 0 Å².